The van der Waals surface area contributed by atoms with Gasteiger partial charge in [0.05, 0.1) is 19.7 Å². The summed E-state index contributed by atoms with van der Waals surface area (Å²) in [5.74, 6) is 0.430. The number of carbonyl (C=O) groups excluding carboxylic acids is 1. The van der Waals surface area contributed by atoms with Gasteiger partial charge >= 0.3 is 0 Å². The van der Waals surface area contributed by atoms with Crippen LogP contribution in [-0.2, 0) is 5.54 Å². The first-order chi connectivity index (χ1) is 10.4. The van der Waals surface area contributed by atoms with E-state index < -0.39 is 0 Å². The van der Waals surface area contributed by atoms with Gasteiger partial charge in [-0.25, -0.2) is 4.98 Å². The summed E-state index contributed by atoms with van der Waals surface area (Å²) in [6.45, 7) is 6.29. The minimum Gasteiger partial charge on any atom is -0.305 e. The topological polar surface area (TPSA) is 46.9 Å². The van der Waals surface area contributed by atoms with Crippen molar-refractivity contribution in [1.29, 1.82) is 0 Å². The van der Waals surface area contributed by atoms with Gasteiger partial charge in [0.1, 0.15) is 0 Å². The Morgan fingerprint density at radius 2 is 1.95 bits per heavy atom. The normalized spacial score (nSPS) is 11.8. The summed E-state index contributed by atoms with van der Waals surface area (Å²) >= 11 is 4.78. The number of anilines is 1. The fraction of sp³-hybridized carbons (Fsp3) is 0.250. The number of nitrogens with one attached hydrogen (secondary N) is 1. The van der Waals surface area contributed by atoms with Crippen molar-refractivity contribution in [3.63, 3.8) is 0 Å². The molecule has 114 valence electrons. The van der Waals surface area contributed by atoms with Crippen molar-refractivity contribution in [1.82, 2.24) is 9.55 Å². The molecule has 3 aromatic rings. The lowest BCUT2D eigenvalue weighted by Crippen LogP contribution is -2.25. The predicted molar refractivity (Wildman–Crippen MR) is 94.7 cm³/mol. The van der Waals surface area contributed by atoms with Gasteiger partial charge < -0.3 is 4.57 Å². The van der Waals surface area contributed by atoms with Crippen molar-refractivity contribution >= 4 is 50.2 Å². The molecule has 3 rings (SSSR count). The minimum atomic E-state index is -0.186. The fourth-order valence-electron chi connectivity index (χ4n) is 2.39. The Kier molecular flexibility index (Phi) is 3.82. The fourth-order valence-corrected chi connectivity index (χ4v) is 3.67. The first-order valence-corrected chi connectivity index (χ1v) is 8.52. The Morgan fingerprint density at radius 3 is 2.59 bits per heavy atom. The molecule has 0 atom stereocenters. The second kappa shape index (κ2) is 5.52. The molecule has 1 aromatic carbocycles. The number of imidazole rings is 1. The lowest BCUT2D eigenvalue weighted by Gasteiger charge is -2.24. The van der Waals surface area contributed by atoms with E-state index in [0.29, 0.717) is 10.8 Å². The molecule has 1 N–H and O–H groups in total. The number of aromatic nitrogens is 2. The van der Waals surface area contributed by atoms with Gasteiger partial charge in [-0.15, -0.1) is 11.3 Å². The molecule has 1 amide bonds. The Labute approximate surface area is 141 Å². The van der Waals surface area contributed by atoms with Gasteiger partial charge in [0.15, 0.2) is 0 Å². The molecule has 0 saturated heterocycles. The Morgan fingerprint density at radius 1 is 1.23 bits per heavy atom. The lowest BCUT2D eigenvalue weighted by molar-refractivity contribution is 0.102. The summed E-state index contributed by atoms with van der Waals surface area (Å²) in [6.07, 6.45) is 0. The summed E-state index contributed by atoms with van der Waals surface area (Å²) in [6, 6.07) is 11.6. The maximum absolute atomic E-state index is 12.4. The van der Waals surface area contributed by atoms with Crippen LogP contribution in [-0.4, -0.2) is 15.5 Å². The molecule has 22 heavy (non-hydrogen) atoms. The third-order valence-electron chi connectivity index (χ3n) is 3.25. The number of rotatable bonds is 2. The highest BCUT2D eigenvalue weighted by Gasteiger charge is 2.23. The van der Waals surface area contributed by atoms with E-state index >= 15 is 0 Å². The van der Waals surface area contributed by atoms with Gasteiger partial charge in [-0.1, -0.05) is 12.1 Å². The molecule has 0 bridgehead atoms. The van der Waals surface area contributed by atoms with Gasteiger partial charge in [-0.05, 0) is 61.0 Å². The Hall–Kier alpha value is -1.66. The van der Waals surface area contributed by atoms with Crippen molar-refractivity contribution in [3.05, 3.63) is 45.1 Å². The van der Waals surface area contributed by atoms with E-state index in [2.05, 4.69) is 51.6 Å². The highest BCUT2D eigenvalue weighted by Crippen LogP contribution is 2.29. The van der Waals surface area contributed by atoms with E-state index in [9.17, 15) is 4.79 Å². The van der Waals surface area contributed by atoms with Crippen LogP contribution >= 0.6 is 27.3 Å². The van der Waals surface area contributed by atoms with Crippen molar-refractivity contribution in [2.75, 3.05) is 5.32 Å². The first-order valence-electron chi connectivity index (χ1n) is 6.91. The Bertz CT molecular complexity index is 845. The zero-order chi connectivity index (χ0) is 15.9. The van der Waals surface area contributed by atoms with Crippen molar-refractivity contribution in [2.45, 2.75) is 26.3 Å². The average molecular weight is 378 g/mol. The summed E-state index contributed by atoms with van der Waals surface area (Å²) in [5, 5.41) is 2.94. The number of halogens is 1. The second-order valence-electron chi connectivity index (χ2n) is 5.99. The third kappa shape index (κ3) is 2.80. The standard InChI is InChI=1S/C16H16BrN3OS/c1-16(2,3)20-11-7-5-4-6-10(11)18-15(20)19-14(21)12-8-9-13(17)22-12/h4-9H,1-3H3,(H,18,19,21). The molecule has 0 fully saturated rings. The Balaban J connectivity index is 2.05. The number of thiophene rings is 1. The average Bonchev–Trinajstić information content (AvgIpc) is 3.00. The van der Waals surface area contributed by atoms with Crippen molar-refractivity contribution in [3.8, 4) is 0 Å². The number of hydrogen-bond donors (Lipinski definition) is 1. The van der Waals surface area contributed by atoms with Crippen molar-refractivity contribution < 1.29 is 4.79 Å². The van der Waals surface area contributed by atoms with Crippen LogP contribution < -0.4 is 5.32 Å². The van der Waals surface area contributed by atoms with Gasteiger partial charge in [0.25, 0.3) is 5.91 Å². The van der Waals surface area contributed by atoms with Crippen LogP contribution in [0.4, 0.5) is 5.95 Å². The molecule has 2 heterocycles. The molecule has 0 saturated carbocycles. The number of carbonyl (C=O) groups is 1. The predicted octanol–water partition coefficient (Wildman–Crippen LogP) is 4.87. The van der Waals surface area contributed by atoms with Gasteiger partial charge in [-0.2, -0.15) is 0 Å². The third-order valence-corrected chi connectivity index (χ3v) is 4.88. The first kappa shape index (κ1) is 15.2. The SMILES string of the molecule is CC(C)(C)n1c(NC(=O)c2ccc(Br)s2)nc2ccccc21. The summed E-state index contributed by atoms with van der Waals surface area (Å²) in [4.78, 5) is 17.6. The lowest BCUT2D eigenvalue weighted by atomic mass is 10.1. The zero-order valence-electron chi connectivity index (χ0n) is 12.6. The molecule has 0 spiro atoms. The van der Waals surface area contributed by atoms with Crippen LogP contribution in [0.25, 0.3) is 11.0 Å². The maximum atomic E-state index is 12.4. The van der Waals surface area contributed by atoms with E-state index in [1.165, 1.54) is 11.3 Å². The van der Waals surface area contributed by atoms with Crippen LogP contribution in [0, 0.1) is 0 Å². The number of amides is 1. The minimum absolute atomic E-state index is 0.142. The molecule has 0 aliphatic rings. The van der Waals surface area contributed by atoms with Crippen LogP contribution in [0.3, 0.4) is 0 Å². The molecule has 0 aliphatic heterocycles. The van der Waals surface area contributed by atoms with Crippen LogP contribution in [0.5, 0.6) is 0 Å². The molecule has 4 nitrogen and oxygen atoms in total. The second-order valence-corrected chi connectivity index (χ2v) is 8.45. The number of nitrogens with zero attached hydrogens (tertiary/aromatic N) is 2. The molecular formula is C16H16BrN3OS. The highest BCUT2D eigenvalue weighted by molar-refractivity contribution is 9.11. The summed E-state index contributed by atoms with van der Waals surface area (Å²) in [7, 11) is 0. The summed E-state index contributed by atoms with van der Waals surface area (Å²) in [5.41, 5.74) is 1.70. The van der Waals surface area contributed by atoms with E-state index in [4.69, 9.17) is 0 Å². The van der Waals surface area contributed by atoms with E-state index in [1.54, 1.807) is 6.07 Å². The number of para-hydroxylation sites is 2. The molecule has 6 heteroatoms. The molecule has 2 aromatic heterocycles. The van der Waals surface area contributed by atoms with E-state index in [0.717, 1.165) is 14.8 Å². The number of fused-ring (bicyclic) bond motifs is 1. The molecular weight excluding hydrogens is 362 g/mol. The largest absolute Gasteiger partial charge is 0.305 e. The van der Waals surface area contributed by atoms with Crippen molar-refractivity contribution in [2.24, 2.45) is 0 Å². The van der Waals surface area contributed by atoms with Crippen LogP contribution in [0.2, 0.25) is 0 Å². The van der Waals surface area contributed by atoms with Gasteiger partial charge in [0, 0.05) is 5.54 Å². The van der Waals surface area contributed by atoms with Gasteiger partial charge in [0.2, 0.25) is 5.95 Å². The quantitative estimate of drug-likeness (QED) is 0.692. The molecule has 0 unspecified atom stereocenters. The van der Waals surface area contributed by atoms with Gasteiger partial charge in [-0.3, -0.25) is 10.1 Å². The van der Waals surface area contributed by atoms with Crippen LogP contribution in [0.15, 0.2) is 40.2 Å². The number of hydrogen-bond acceptors (Lipinski definition) is 3. The van der Waals surface area contributed by atoms with Crippen LogP contribution in [0.1, 0.15) is 30.4 Å². The van der Waals surface area contributed by atoms with E-state index in [-0.39, 0.29) is 11.4 Å². The zero-order valence-corrected chi connectivity index (χ0v) is 15.0. The highest BCUT2D eigenvalue weighted by atomic mass is 79.9. The molecule has 0 aliphatic carbocycles. The smallest absolute Gasteiger partial charge is 0.268 e. The monoisotopic (exact) mass is 377 g/mol. The maximum Gasteiger partial charge on any atom is 0.268 e. The number of benzene rings is 1. The van der Waals surface area contributed by atoms with E-state index in [1.807, 2.05) is 30.3 Å². The molecule has 0 radical (unpaired) electrons. The summed E-state index contributed by atoms with van der Waals surface area (Å²) < 4.78 is 2.99.